The molecule has 29 heavy (non-hydrogen) atoms. The van der Waals surface area contributed by atoms with E-state index in [1.165, 1.54) is 12.3 Å². The molecule has 0 unspecified atom stereocenters. The number of rotatable bonds is 3. The molecular weight excluding hydrogens is 375 g/mol. The molecule has 3 aromatic heterocycles. The van der Waals surface area contributed by atoms with Gasteiger partial charge in [0.1, 0.15) is 0 Å². The van der Waals surface area contributed by atoms with Crippen LogP contribution in [0.2, 0.25) is 0 Å². The molecule has 0 atom stereocenters. The van der Waals surface area contributed by atoms with Crippen molar-refractivity contribution in [3.63, 3.8) is 0 Å². The number of carbonyl (C=O) groups is 2. The summed E-state index contributed by atoms with van der Waals surface area (Å²) in [6.07, 6.45) is 4.57. The average Bonchev–Trinajstić information content (AvgIpc) is 3.06. The minimum absolute atomic E-state index is 0.00797. The molecule has 0 saturated heterocycles. The summed E-state index contributed by atoms with van der Waals surface area (Å²) in [7, 11) is 1.77. The average molecular weight is 394 g/mol. The van der Waals surface area contributed by atoms with E-state index in [9.17, 15) is 14.0 Å². The number of nitrogens with one attached hydrogen (secondary N) is 1. The van der Waals surface area contributed by atoms with Gasteiger partial charge in [0.05, 0.1) is 23.6 Å². The smallest absolute Gasteiger partial charge is 0.276 e. The van der Waals surface area contributed by atoms with E-state index >= 15 is 0 Å². The molecule has 0 spiro atoms. The predicted octanol–water partition coefficient (Wildman–Crippen LogP) is 2.11. The molecule has 4 heterocycles. The molecule has 9 heteroatoms. The minimum atomic E-state index is -0.645. The van der Waals surface area contributed by atoms with E-state index in [2.05, 4.69) is 20.4 Å². The highest BCUT2D eigenvalue weighted by Gasteiger charge is 2.25. The van der Waals surface area contributed by atoms with Crippen molar-refractivity contribution in [3.05, 3.63) is 70.8 Å². The highest BCUT2D eigenvalue weighted by molar-refractivity contribution is 6.02. The third-order valence-electron chi connectivity index (χ3n) is 4.93. The van der Waals surface area contributed by atoms with E-state index in [0.29, 0.717) is 24.3 Å². The molecule has 8 nitrogen and oxygen atoms in total. The van der Waals surface area contributed by atoms with E-state index in [1.54, 1.807) is 35.0 Å². The second-order valence-corrected chi connectivity index (χ2v) is 6.91. The molecule has 2 amide bonds. The first-order chi connectivity index (χ1) is 13.9. The predicted molar refractivity (Wildman–Crippen MR) is 103 cm³/mol. The Kier molecular flexibility index (Phi) is 4.79. The fourth-order valence-electron chi connectivity index (χ4n) is 3.25. The number of hydrogen-bond acceptors (Lipinski definition) is 5. The molecular formula is C20H19FN6O2. The van der Waals surface area contributed by atoms with Gasteiger partial charge in [-0.2, -0.15) is 5.10 Å². The SMILES string of the molecule is Cc1cc(C(=O)Nc2cnc3c(c2)CN(C(=O)c2ccncc2F)CC3)nn1C. The van der Waals surface area contributed by atoms with E-state index in [1.807, 2.05) is 6.92 Å². The van der Waals surface area contributed by atoms with Gasteiger partial charge in [0.2, 0.25) is 0 Å². The van der Waals surface area contributed by atoms with Crippen LogP contribution in [0.1, 0.15) is 37.8 Å². The Hall–Kier alpha value is -3.62. The topological polar surface area (TPSA) is 93.0 Å². The maximum atomic E-state index is 13.9. The summed E-state index contributed by atoms with van der Waals surface area (Å²) < 4.78 is 15.5. The number of fused-ring (bicyclic) bond motifs is 1. The van der Waals surface area contributed by atoms with Crippen LogP contribution in [0.3, 0.4) is 0 Å². The summed E-state index contributed by atoms with van der Waals surface area (Å²) in [4.78, 5) is 34.7. The zero-order chi connectivity index (χ0) is 20.5. The van der Waals surface area contributed by atoms with Crippen molar-refractivity contribution in [1.82, 2.24) is 24.6 Å². The molecule has 0 aliphatic carbocycles. The van der Waals surface area contributed by atoms with Gasteiger partial charge < -0.3 is 10.2 Å². The fraction of sp³-hybridized carbons (Fsp3) is 0.250. The van der Waals surface area contributed by atoms with Gasteiger partial charge >= 0.3 is 0 Å². The van der Waals surface area contributed by atoms with Crippen molar-refractivity contribution in [2.75, 3.05) is 11.9 Å². The molecule has 4 rings (SSSR count). The molecule has 0 saturated carbocycles. The van der Waals surface area contributed by atoms with Crippen molar-refractivity contribution >= 4 is 17.5 Å². The van der Waals surface area contributed by atoms with Crippen LogP contribution in [0.25, 0.3) is 0 Å². The van der Waals surface area contributed by atoms with E-state index < -0.39 is 11.7 Å². The fourth-order valence-corrected chi connectivity index (χ4v) is 3.25. The first kappa shape index (κ1) is 18.7. The number of halogens is 1. The third kappa shape index (κ3) is 3.71. The Morgan fingerprint density at radius 3 is 2.79 bits per heavy atom. The van der Waals surface area contributed by atoms with E-state index in [-0.39, 0.29) is 18.0 Å². The number of carbonyl (C=O) groups excluding carboxylic acids is 2. The molecule has 0 bridgehead atoms. The zero-order valence-electron chi connectivity index (χ0n) is 16.0. The highest BCUT2D eigenvalue weighted by atomic mass is 19.1. The van der Waals surface area contributed by atoms with Crippen LogP contribution >= 0.6 is 0 Å². The second kappa shape index (κ2) is 7.42. The minimum Gasteiger partial charge on any atom is -0.334 e. The molecule has 1 N–H and O–H groups in total. The summed E-state index contributed by atoms with van der Waals surface area (Å²) >= 11 is 0. The molecule has 0 fully saturated rings. The Bertz CT molecular complexity index is 1090. The van der Waals surface area contributed by atoms with Gasteiger partial charge in [-0.25, -0.2) is 4.39 Å². The van der Waals surface area contributed by atoms with Gasteiger partial charge in [0.15, 0.2) is 11.5 Å². The van der Waals surface area contributed by atoms with E-state index in [0.717, 1.165) is 23.1 Å². The Morgan fingerprint density at radius 2 is 2.07 bits per heavy atom. The van der Waals surface area contributed by atoms with Crippen LogP contribution in [0.5, 0.6) is 0 Å². The van der Waals surface area contributed by atoms with Gasteiger partial charge in [-0.3, -0.25) is 24.2 Å². The number of anilines is 1. The Morgan fingerprint density at radius 1 is 1.24 bits per heavy atom. The lowest BCUT2D eigenvalue weighted by molar-refractivity contribution is 0.0728. The number of pyridine rings is 2. The van der Waals surface area contributed by atoms with Gasteiger partial charge in [0.25, 0.3) is 11.8 Å². The summed E-state index contributed by atoms with van der Waals surface area (Å²) in [5.41, 5.74) is 3.36. The monoisotopic (exact) mass is 394 g/mol. The largest absolute Gasteiger partial charge is 0.334 e. The number of hydrogen-bond donors (Lipinski definition) is 1. The lowest BCUT2D eigenvalue weighted by atomic mass is 10.0. The summed E-state index contributed by atoms with van der Waals surface area (Å²) in [5.74, 6) is -1.37. The molecule has 1 aliphatic heterocycles. The van der Waals surface area contributed by atoms with Crippen LogP contribution in [0.15, 0.2) is 36.8 Å². The van der Waals surface area contributed by atoms with Crippen molar-refractivity contribution in [2.45, 2.75) is 19.9 Å². The van der Waals surface area contributed by atoms with Gasteiger partial charge in [-0.05, 0) is 30.7 Å². The summed E-state index contributed by atoms with van der Waals surface area (Å²) in [6, 6.07) is 4.86. The first-order valence-corrected chi connectivity index (χ1v) is 9.11. The van der Waals surface area contributed by atoms with Gasteiger partial charge in [-0.1, -0.05) is 0 Å². The summed E-state index contributed by atoms with van der Waals surface area (Å²) in [5, 5.41) is 6.95. The molecule has 1 aliphatic rings. The van der Waals surface area contributed by atoms with Crippen molar-refractivity contribution in [1.29, 1.82) is 0 Å². The molecule has 148 valence electrons. The zero-order valence-corrected chi connectivity index (χ0v) is 16.0. The Balaban J connectivity index is 1.52. The van der Waals surface area contributed by atoms with Crippen LogP contribution in [-0.4, -0.2) is 43.0 Å². The van der Waals surface area contributed by atoms with Crippen molar-refractivity contribution in [2.24, 2.45) is 7.05 Å². The molecule has 0 radical (unpaired) electrons. The molecule has 0 aromatic carbocycles. The first-order valence-electron chi connectivity index (χ1n) is 9.11. The van der Waals surface area contributed by atoms with Crippen LogP contribution in [0.4, 0.5) is 10.1 Å². The van der Waals surface area contributed by atoms with Gasteiger partial charge in [0, 0.05) is 44.1 Å². The van der Waals surface area contributed by atoms with E-state index in [4.69, 9.17) is 0 Å². The molecule has 3 aromatic rings. The number of aromatic nitrogens is 4. The lowest BCUT2D eigenvalue weighted by Gasteiger charge is -2.28. The van der Waals surface area contributed by atoms with Crippen molar-refractivity contribution < 1.29 is 14.0 Å². The van der Waals surface area contributed by atoms with Crippen LogP contribution in [-0.2, 0) is 20.0 Å². The van der Waals surface area contributed by atoms with Crippen LogP contribution < -0.4 is 5.32 Å². The summed E-state index contributed by atoms with van der Waals surface area (Å²) in [6.45, 7) is 2.59. The number of aryl methyl sites for hydroxylation is 2. The Labute approximate surface area is 166 Å². The van der Waals surface area contributed by atoms with Gasteiger partial charge in [-0.15, -0.1) is 0 Å². The number of nitrogens with zero attached hydrogens (tertiary/aromatic N) is 5. The maximum Gasteiger partial charge on any atom is 0.276 e. The highest BCUT2D eigenvalue weighted by Crippen LogP contribution is 2.23. The normalized spacial score (nSPS) is 13.1. The lowest BCUT2D eigenvalue weighted by Crippen LogP contribution is -2.36. The quantitative estimate of drug-likeness (QED) is 0.734. The number of amides is 2. The standard InChI is InChI=1S/C20H19FN6O2/c1-12-7-18(25-26(12)2)19(28)24-14-8-13-11-27(6-4-17(13)23-9-14)20(29)15-3-5-22-10-16(15)21/h3,5,7-10H,4,6,11H2,1-2H3,(H,24,28). The maximum absolute atomic E-state index is 13.9. The van der Waals surface area contributed by atoms with Crippen molar-refractivity contribution in [3.8, 4) is 0 Å². The third-order valence-corrected chi connectivity index (χ3v) is 4.93. The second-order valence-electron chi connectivity index (χ2n) is 6.91. The van der Waals surface area contributed by atoms with Crippen LogP contribution in [0, 0.1) is 12.7 Å².